The Morgan fingerprint density at radius 2 is 2.16 bits per heavy atom. The lowest BCUT2D eigenvalue weighted by Crippen LogP contribution is -2.35. The predicted molar refractivity (Wildman–Crippen MR) is 78.2 cm³/mol. The lowest BCUT2D eigenvalue weighted by atomic mass is 10.2. The van der Waals surface area contributed by atoms with Gasteiger partial charge in [0.15, 0.2) is 0 Å². The Morgan fingerprint density at radius 1 is 1.42 bits per heavy atom. The molecule has 0 atom stereocenters. The summed E-state index contributed by atoms with van der Waals surface area (Å²) in [7, 11) is 0. The van der Waals surface area contributed by atoms with Crippen LogP contribution >= 0.6 is 0 Å². The van der Waals surface area contributed by atoms with Crippen molar-refractivity contribution in [3.05, 3.63) is 36.5 Å². The van der Waals surface area contributed by atoms with Crippen molar-refractivity contribution in [3.8, 4) is 0 Å². The average molecular weight is 262 g/mol. The number of pyridine rings is 1. The van der Waals surface area contributed by atoms with Gasteiger partial charge in [-0.3, -0.25) is 0 Å². The lowest BCUT2D eigenvalue weighted by molar-refractivity contribution is 0.241. The van der Waals surface area contributed by atoms with E-state index in [2.05, 4.69) is 40.9 Å². The third-order valence-electron chi connectivity index (χ3n) is 2.78. The first-order valence-corrected chi connectivity index (χ1v) is 6.54. The first-order chi connectivity index (χ1) is 9.22. The molecular formula is C14H22N4O. The highest BCUT2D eigenvalue weighted by atomic mass is 16.2. The molecular weight excluding hydrogens is 240 g/mol. The number of hydrogen-bond donors (Lipinski definition) is 2. The molecule has 1 rings (SSSR count). The molecule has 0 fully saturated rings. The van der Waals surface area contributed by atoms with Crippen molar-refractivity contribution in [2.75, 3.05) is 24.5 Å². The molecule has 1 aromatic rings. The van der Waals surface area contributed by atoms with Gasteiger partial charge in [0.25, 0.3) is 0 Å². The van der Waals surface area contributed by atoms with E-state index in [1.54, 1.807) is 12.3 Å². The number of anilines is 1. The largest absolute Gasteiger partial charge is 0.357 e. The van der Waals surface area contributed by atoms with E-state index in [1.165, 1.54) is 0 Å². The highest BCUT2D eigenvalue weighted by Gasteiger charge is 2.09. The molecule has 0 aliphatic rings. The number of rotatable bonds is 7. The summed E-state index contributed by atoms with van der Waals surface area (Å²) in [5.41, 5.74) is 1.01. The molecule has 0 saturated carbocycles. The second-order valence-electron chi connectivity index (χ2n) is 4.01. The fourth-order valence-corrected chi connectivity index (χ4v) is 1.78. The topological polar surface area (TPSA) is 57.3 Å². The maximum Gasteiger partial charge on any atom is 0.315 e. The van der Waals surface area contributed by atoms with E-state index in [0.717, 1.165) is 24.5 Å². The molecule has 0 unspecified atom stereocenters. The highest BCUT2D eigenvalue weighted by molar-refractivity contribution is 5.74. The van der Waals surface area contributed by atoms with Crippen LogP contribution in [0, 0.1) is 0 Å². The molecule has 0 aliphatic carbocycles. The van der Waals surface area contributed by atoms with Crippen LogP contribution in [0.3, 0.4) is 0 Å². The van der Waals surface area contributed by atoms with Gasteiger partial charge in [-0.1, -0.05) is 12.1 Å². The van der Waals surface area contributed by atoms with E-state index in [0.29, 0.717) is 13.1 Å². The Labute approximate surface area is 114 Å². The van der Waals surface area contributed by atoms with Gasteiger partial charge in [0, 0.05) is 37.9 Å². The Hall–Kier alpha value is -2.04. The summed E-state index contributed by atoms with van der Waals surface area (Å²) in [6.45, 7) is 10.4. The monoisotopic (exact) mass is 262 g/mol. The molecule has 0 aliphatic heterocycles. The maximum absolute atomic E-state index is 11.5. The Morgan fingerprint density at radius 3 is 2.79 bits per heavy atom. The van der Waals surface area contributed by atoms with Crippen LogP contribution in [0.1, 0.15) is 19.4 Å². The van der Waals surface area contributed by atoms with Crippen molar-refractivity contribution in [3.63, 3.8) is 0 Å². The van der Waals surface area contributed by atoms with Crippen molar-refractivity contribution in [1.82, 2.24) is 15.6 Å². The normalized spacial score (nSPS) is 9.79. The first-order valence-electron chi connectivity index (χ1n) is 6.54. The minimum atomic E-state index is -0.200. The molecule has 5 heteroatoms. The molecule has 0 saturated heterocycles. The predicted octanol–water partition coefficient (Wildman–Crippen LogP) is 1.91. The number of urea groups is 1. The van der Waals surface area contributed by atoms with Gasteiger partial charge >= 0.3 is 6.03 Å². The Bertz CT molecular complexity index is 416. The van der Waals surface area contributed by atoms with Crippen molar-refractivity contribution >= 4 is 11.8 Å². The van der Waals surface area contributed by atoms with E-state index in [9.17, 15) is 4.79 Å². The fraction of sp³-hybridized carbons (Fsp3) is 0.429. The SMILES string of the molecule is C=CCNC(=O)NCc1cccnc1N(CC)CC. The van der Waals surface area contributed by atoms with Gasteiger partial charge in [-0.25, -0.2) is 9.78 Å². The van der Waals surface area contributed by atoms with E-state index in [1.807, 2.05) is 12.1 Å². The van der Waals surface area contributed by atoms with Gasteiger partial charge in [0.1, 0.15) is 5.82 Å². The smallest absolute Gasteiger partial charge is 0.315 e. The number of carbonyl (C=O) groups is 1. The van der Waals surface area contributed by atoms with Crippen molar-refractivity contribution in [2.24, 2.45) is 0 Å². The summed E-state index contributed by atoms with van der Waals surface area (Å²) in [5.74, 6) is 0.927. The molecule has 0 aromatic carbocycles. The van der Waals surface area contributed by atoms with Crippen LogP contribution in [-0.2, 0) is 6.54 Å². The van der Waals surface area contributed by atoms with Gasteiger partial charge in [0.05, 0.1) is 0 Å². The summed E-state index contributed by atoms with van der Waals surface area (Å²) in [6, 6.07) is 3.66. The standard InChI is InChI=1S/C14H22N4O/c1-4-9-16-14(19)17-11-12-8-7-10-15-13(12)18(5-2)6-3/h4,7-8,10H,1,5-6,9,11H2,2-3H3,(H2,16,17,19). The van der Waals surface area contributed by atoms with Crippen LogP contribution < -0.4 is 15.5 Å². The Kier molecular flexibility index (Phi) is 6.43. The first kappa shape index (κ1) is 15.0. The van der Waals surface area contributed by atoms with Crippen LogP contribution in [0.15, 0.2) is 31.0 Å². The molecule has 104 valence electrons. The summed E-state index contributed by atoms with van der Waals surface area (Å²) in [6.07, 6.45) is 3.42. The summed E-state index contributed by atoms with van der Waals surface area (Å²) in [4.78, 5) is 18.1. The van der Waals surface area contributed by atoms with Crippen LogP contribution in [0.4, 0.5) is 10.6 Å². The summed E-state index contributed by atoms with van der Waals surface area (Å²) >= 11 is 0. The minimum Gasteiger partial charge on any atom is -0.357 e. The number of nitrogens with one attached hydrogen (secondary N) is 2. The third kappa shape index (κ3) is 4.62. The molecule has 5 nitrogen and oxygen atoms in total. The van der Waals surface area contributed by atoms with E-state index in [-0.39, 0.29) is 6.03 Å². The molecule has 1 aromatic heterocycles. The van der Waals surface area contributed by atoms with Crippen LogP contribution in [0.5, 0.6) is 0 Å². The summed E-state index contributed by atoms with van der Waals surface area (Å²) < 4.78 is 0. The molecule has 0 spiro atoms. The van der Waals surface area contributed by atoms with Crippen molar-refractivity contribution in [1.29, 1.82) is 0 Å². The molecule has 2 amide bonds. The maximum atomic E-state index is 11.5. The van der Waals surface area contributed by atoms with Gasteiger partial charge in [-0.15, -0.1) is 6.58 Å². The number of amides is 2. The van der Waals surface area contributed by atoms with E-state index in [4.69, 9.17) is 0 Å². The van der Waals surface area contributed by atoms with Crippen molar-refractivity contribution < 1.29 is 4.79 Å². The van der Waals surface area contributed by atoms with E-state index >= 15 is 0 Å². The van der Waals surface area contributed by atoms with Crippen LogP contribution in [-0.4, -0.2) is 30.6 Å². The molecule has 2 N–H and O–H groups in total. The van der Waals surface area contributed by atoms with Gasteiger partial charge < -0.3 is 15.5 Å². The third-order valence-corrected chi connectivity index (χ3v) is 2.78. The highest BCUT2D eigenvalue weighted by Crippen LogP contribution is 2.16. The second kappa shape index (κ2) is 8.13. The zero-order valence-corrected chi connectivity index (χ0v) is 11.6. The fourth-order valence-electron chi connectivity index (χ4n) is 1.78. The molecule has 0 bridgehead atoms. The number of hydrogen-bond acceptors (Lipinski definition) is 3. The zero-order chi connectivity index (χ0) is 14.1. The quantitative estimate of drug-likeness (QED) is 0.738. The zero-order valence-electron chi connectivity index (χ0n) is 11.6. The number of aromatic nitrogens is 1. The Balaban J connectivity index is 2.67. The van der Waals surface area contributed by atoms with Gasteiger partial charge in [0.2, 0.25) is 0 Å². The van der Waals surface area contributed by atoms with Crippen LogP contribution in [0.25, 0.3) is 0 Å². The van der Waals surface area contributed by atoms with Gasteiger partial charge in [-0.2, -0.15) is 0 Å². The van der Waals surface area contributed by atoms with Gasteiger partial charge in [-0.05, 0) is 19.9 Å². The minimum absolute atomic E-state index is 0.200. The second-order valence-corrected chi connectivity index (χ2v) is 4.01. The molecule has 1 heterocycles. The molecule has 19 heavy (non-hydrogen) atoms. The average Bonchev–Trinajstić information content (AvgIpc) is 2.45. The van der Waals surface area contributed by atoms with Crippen LogP contribution in [0.2, 0.25) is 0 Å². The molecule has 0 radical (unpaired) electrons. The number of carbonyl (C=O) groups excluding carboxylic acids is 1. The van der Waals surface area contributed by atoms with E-state index < -0.39 is 0 Å². The number of nitrogens with zero attached hydrogens (tertiary/aromatic N) is 2. The van der Waals surface area contributed by atoms with Crippen molar-refractivity contribution in [2.45, 2.75) is 20.4 Å². The lowest BCUT2D eigenvalue weighted by Gasteiger charge is -2.22. The summed E-state index contributed by atoms with van der Waals surface area (Å²) in [5, 5.41) is 5.49.